The quantitative estimate of drug-likeness (QED) is 0.491. The van der Waals surface area contributed by atoms with Gasteiger partial charge in [-0.3, -0.25) is 14.5 Å². The monoisotopic (exact) mass is 510 g/mol. The van der Waals surface area contributed by atoms with Crippen LogP contribution in [-0.2, 0) is 16.9 Å². The predicted octanol–water partition coefficient (Wildman–Crippen LogP) is 4.49. The van der Waals surface area contributed by atoms with Crippen LogP contribution < -0.4 is 0 Å². The molecule has 2 amide bonds. The summed E-state index contributed by atoms with van der Waals surface area (Å²) in [5, 5.41) is 19.2. The zero-order chi connectivity index (χ0) is 23.8. The molecule has 12 heteroatoms. The van der Waals surface area contributed by atoms with E-state index < -0.39 is 41.5 Å². The highest BCUT2D eigenvalue weighted by atomic mass is 35.5. The zero-order valence-electron chi connectivity index (χ0n) is 16.6. The summed E-state index contributed by atoms with van der Waals surface area (Å²) in [6, 6.07) is 7.29. The minimum atomic E-state index is -2.14. The van der Waals surface area contributed by atoms with Crippen LogP contribution in [0.4, 0.5) is 13.6 Å². The molecule has 4 rings (SSSR count). The molecule has 33 heavy (non-hydrogen) atoms. The molecule has 0 aliphatic carbocycles. The first-order chi connectivity index (χ1) is 15.7. The zero-order valence-corrected chi connectivity index (χ0v) is 18.9. The number of aliphatic hydroxyl groups is 1. The summed E-state index contributed by atoms with van der Waals surface area (Å²) in [6.07, 6.45) is 4.12. The molecule has 0 bridgehead atoms. The molecule has 1 unspecified atom stereocenters. The van der Waals surface area contributed by atoms with E-state index in [1.54, 1.807) is 12.1 Å². The topological polar surface area (TPSA) is 88.3 Å². The molecule has 1 aromatic heterocycles. The molecule has 2 heterocycles. The van der Waals surface area contributed by atoms with E-state index in [0.29, 0.717) is 28.4 Å². The first-order valence-electron chi connectivity index (χ1n) is 9.39. The van der Waals surface area contributed by atoms with Crippen LogP contribution in [0, 0.1) is 11.6 Å². The van der Waals surface area contributed by atoms with Gasteiger partial charge in [0.1, 0.15) is 17.2 Å². The van der Waals surface area contributed by atoms with Gasteiger partial charge < -0.3 is 5.11 Å². The third-order valence-electron chi connectivity index (χ3n) is 4.84. The number of halogens is 4. The number of rotatable bonds is 6. The molecule has 1 aliphatic heterocycles. The molecule has 1 N–H and O–H groups in total. The Kier molecular flexibility index (Phi) is 6.53. The lowest BCUT2D eigenvalue weighted by molar-refractivity contribution is -0.126. The molecule has 1 saturated heterocycles. The molecular weight excluding hydrogens is 497 g/mol. The maximum Gasteiger partial charge on any atom is 0.293 e. The number of carbonyl (C=O) groups excluding carboxylic acids is 2. The van der Waals surface area contributed by atoms with Crippen molar-refractivity contribution in [3.63, 3.8) is 0 Å². The molecule has 3 aromatic rings. The van der Waals surface area contributed by atoms with Crippen molar-refractivity contribution < 1.29 is 23.5 Å². The van der Waals surface area contributed by atoms with E-state index in [-0.39, 0.29) is 15.5 Å². The van der Waals surface area contributed by atoms with E-state index in [1.165, 1.54) is 24.5 Å². The number of aromatic nitrogens is 3. The van der Waals surface area contributed by atoms with Crippen LogP contribution in [0.5, 0.6) is 0 Å². The summed E-state index contributed by atoms with van der Waals surface area (Å²) in [4.78, 5) is 27.6. The molecule has 1 fully saturated rings. The molecule has 2 aromatic carbocycles. The fourth-order valence-corrected chi connectivity index (χ4v) is 4.60. The number of hydrogen-bond acceptors (Lipinski definition) is 6. The Balaban J connectivity index is 1.67. The van der Waals surface area contributed by atoms with Crippen LogP contribution in [0.2, 0.25) is 10.0 Å². The van der Waals surface area contributed by atoms with Crippen LogP contribution >= 0.6 is 35.0 Å². The third kappa shape index (κ3) is 4.93. The number of thioether (sulfide) groups is 1. The van der Waals surface area contributed by atoms with Crippen molar-refractivity contribution in [3.05, 3.63) is 86.5 Å². The Bertz CT molecular complexity index is 1270. The number of imide groups is 1. The second kappa shape index (κ2) is 9.22. The SMILES string of the molecule is O=C1S/C(=C\c2ccc(Cl)cc2Cl)C(=O)N1CC(O)(Cn1nccn1)c1ccc(F)cc1F. The average molecular weight is 511 g/mol. The molecule has 7 nitrogen and oxygen atoms in total. The van der Waals surface area contributed by atoms with E-state index in [9.17, 15) is 23.5 Å². The molecular formula is C21H14Cl2F2N4O3S. The first kappa shape index (κ1) is 23.4. The Labute approximate surface area is 200 Å². The number of β-amino-alcohol motifs (C(OH)–C–C–N with tert-alkyl or cyclic N) is 1. The highest BCUT2D eigenvalue weighted by Crippen LogP contribution is 2.37. The second-order valence-corrected chi connectivity index (χ2v) is 8.99. The van der Waals surface area contributed by atoms with Gasteiger partial charge in [-0.15, -0.1) is 0 Å². The Hall–Kier alpha value is -2.79. The lowest BCUT2D eigenvalue weighted by atomic mass is 9.92. The molecule has 0 radical (unpaired) electrons. The van der Waals surface area contributed by atoms with Gasteiger partial charge in [0.25, 0.3) is 11.1 Å². The fourth-order valence-electron chi connectivity index (χ4n) is 3.30. The van der Waals surface area contributed by atoms with Gasteiger partial charge in [0, 0.05) is 21.7 Å². The molecule has 0 spiro atoms. The summed E-state index contributed by atoms with van der Waals surface area (Å²) in [6.45, 7) is -1.01. The van der Waals surface area contributed by atoms with Gasteiger partial charge in [0.2, 0.25) is 0 Å². The number of amides is 2. The van der Waals surface area contributed by atoms with Crippen LogP contribution in [0.3, 0.4) is 0 Å². The van der Waals surface area contributed by atoms with Crippen molar-refractivity contribution in [1.82, 2.24) is 19.9 Å². The fraction of sp³-hybridized carbons (Fsp3) is 0.143. The van der Waals surface area contributed by atoms with E-state index in [0.717, 1.165) is 21.8 Å². The molecule has 170 valence electrons. The molecule has 0 saturated carbocycles. The summed E-state index contributed by atoms with van der Waals surface area (Å²) in [7, 11) is 0. The van der Waals surface area contributed by atoms with Gasteiger partial charge in [0.15, 0.2) is 0 Å². The van der Waals surface area contributed by atoms with Crippen molar-refractivity contribution in [2.45, 2.75) is 12.1 Å². The van der Waals surface area contributed by atoms with Crippen molar-refractivity contribution in [2.24, 2.45) is 0 Å². The molecule has 1 aliphatic rings. The maximum absolute atomic E-state index is 14.6. The van der Waals surface area contributed by atoms with Gasteiger partial charge >= 0.3 is 0 Å². The normalized spacial score (nSPS) is 17.1. The van der Waals surface area contributed by atoms with Crippen molar-refractivity contribution in [3.8, 4) is 0 Å². The van der Waals surface area contributed by atoms with Gasteiger partial charge in [-0.2, -0.15) is 15.0 Å². The van der Waals surface area contributed by atoms with Gasteiger partial charge in [-0.25, -0.2) is 8.78 Å². The third-order valence-corrected chi connectivity index (χ3v) is 6.31. The van der Waals surface area contributed by atoms with Gasteiger partial charge in [-0.05, 0) is 41.6 Å². The first-order valence-corrected chi connectivity index (χ1v) is 11.0. The predicted molar refractivity (Wildman–Crippen MR) is 119 cm³/mol. The molecule has 1 atom stereocenters. The summed E-state index contributed by atoms with van der Waals surface area (Å²) in [5.41, 5.74) is -1.99. The van der Waals surface area contributed by atoms with E-state index in [1.807, 2.05) is 0 Å². The number of benzene rings is 2. The largest absolute Gasteiger partial charge is 0.381 e. The average Bonchev–Trinajstić information content (AvgIpc) is 3.33. The minimum Gasteiger partial charge on any atom is -0.381 e. The Morgan fingerprint density at radius 3 is 2.45 bits per heavy atom. The Morgan fingerprint density at radius 1 is 1.06 bits per heavy atom. The summed E-state index contributed by atoms with van der Waals surface area (Å²) in [5.74, 6) is -2.59. The highest BCUT2D eigenvalue weighted by Gasteiger charge is 2.43. The van der Waals surface area contributed by atoms with Crippen molar-refractivity contribution >= 4 is 52.2 Å². The number of nitrogens with zero attached hydrogens (tertiary/aromatic N) is 4. The maximum atomic E-state index is 14.6. The minimum absolute atomic E-state index is 0.0587. The summed E-state index contributed by atoms with van der Waals surface area (Å²) < 4.78 is 28.1. The van der Waals surface area contributed by atoms with Crippen LogP contribution in [-0.4, -0.2) is 42.7 Å². The standard InChI is InChI=1S/C21H14Cl2F2N4O3S/c22-13-2-1-12(16(23)8-13)7-18-19(30)28(20(31)33-18)10-21(32,11-29-26-5-6-27-29)15-4-3-14(24)9-17(15)25/h1-9,32H,10-11H2/b18-7-. The number of hydrogen-bond donors (Lipinski definition) is 1. The number of carbonyl (C=O) groups is 2. The van der Waals surface area contributed by atoms with Crippen LogP contribution in [0.1, 0.15) is 11.1 Å². The van der Waals surface area contributed by atoms with Crippen molar-refractivity contribution in [2.75, 3.05) is 6.54 Å². The van der Waals surface area contributed by atoms with E-state index >= 15 is 0 Å². The van der Waals surface area contributed by atoms with Crippen LogP contribution in [0.15, 0.2) is 53.7 Å². The van der Waals surface area contributed by atoms with Crippen LogP contribution in [0.25, 0.3) is 6.08 Å². The van der Waals surface area contributed by atoms with Crippen molar-refractivity contribution in [1.29, 1.82) is 0 Å². The second-order valence-electron chi connectivity index (χ2n) is 7.15. The Morgan fingerprint density at radius 2 is 1.79 bits per heavy atom. The lowest BCUT2D eigenvalue weighted by Gasteiger charge is -2.31. The van der Waals surface area contributed by atoms with Gasteiger partial charge in [-0.1, -0.05) is 35.3 Å². The van der Waals surface area contributed by atoms with E-state index in [2.05, 4.69) is 10.2 Å². The van der Waals surface area contributed by atoms with E-state index in [4.69, 9.17) is 23.2 Å². The lowest BCUT2D eigenvalue weighted by Crippen LogP contribution is -2.46. The smallest absolute Gasteiger partial charge is 0.293 e. The van der Waals surface area contributed by atoms with Gasteiger partial charge in [0.05, 0.1) is 30.4 Å². The highest BCUT2D eigenvalue weighted by molar-refractivity contribution is 8.18. The summed E-state index contributed by atoms with van der Waals surface area (Å²) >= 11 is 12.7.